The van der Waals surface area contributed by atoms with Gasteiger partial charge in [-0.1, -0.05) is 11.6 Å². The highest BCUT2D eigenvalue weighted by Gasteiger charge is 2.25. The minimum Gasteiger partial charge on any atom is -0.378 e. The molecule has 10 heteroatoms. The molecule has 0 aromatic carbocycles. The average molecular weight is 470 g/mol. The van der Waals surface area contributed by atoms with E-state index >= 15 is 0 Å². The van der Waals surface area contributed by atoms with Gasteiger partial charge in [-0.05, 0) is 28.9 Å². The van der Waals surface area contributed by atoms with E-state index in [-0.39, 0.29) is 5.91 Å². The van der Waals surface area contributed by atoms with E-state index in [1.54, 1.807) is 11.1 Å². The van der Waals surface area contributed by atoms with E-state index in [9.17, 15) is 4.79 Å². The van der Waals surface area contributed by atoms with Crippen molar-refractivity contribution in [2.75, 3.05) is 43.5 Å². The molecule has 9 nitrogen and oxygen atoms in total. The van der Waals surface area contributed by atoms with Gasteiger partial charge in [0.15, 0.2) is 0 Å². The van der Waals surface area contributed by atoms with Crippen LogP contribution in [0, 0.1) is 0 Å². The largest absolute Gasteiger partial charge is 0.378 e. The first-order valence-corrected chi connectivity index (χ1v) is 10.5. The Morgan fingerprint density at radius 3 is 2.93 bits per heavy atom. The number of aromatic nitrogens is 4. The molecule has 0 bridgehead atoms. The zero-order valence-corrected chi connectivity index (χ0v) is 17.9. The van der Waals surface area contributed by atoms with Crippen LogP contribution < -0.4 is 10.6 Å². The molecular weight excluding hydrogens is 450 g/mol. The second kappa shape index (κ2) is 7.69. The number of carbonyl (C=O) groups excluding carboxylic acids is 1. The van der Waals surface area contributed by atoms with Crippen LogP contribution >= 0.6 is 15.9 Å². The molecule has 3 aromatic rings. The predicted molar refractivity (Wildman–Crippen MR) is 118 cm³/mol. The Morgan fingerprint density at radius 1 is 1.27 bits per heavy atom. The summed E-state index contributed by atoms with van der Waals surface area (Å²) >= 11 is 3.59. The number of ether oxygens (including phenoxy) is 1. The van der Waals surface area contributed by atoms with E-state index in [0.29, 0.717) is 47.9 Å². The summed E-state index contributed by atoms with van der Waals surface area (Å²) in [6.07, 6.45) is 5.34. The topological polar surface area (TPSA) is 108 Å². The predicted octanol–water partition coefficient (Wildman–Crippen LogP) is 3.16. The lowest BCUT2D eigenvalue weighted by Crippen LogP contribution is -2.40. The highest BCUT2D eigenvalue weighted by molar-refractivity contribution is 9.10. The fourth-order valence-corrected chi connectivity index (χ4v) is 4.28. The minimum atomic E-state index is -0.0868. The Morgan fingerprint density at radius 2 is 2.10 bits per heavy atom. The summed E-state index contributed by atoms with van der Waals surface area (Å²) in [5.74, 6) is 1.37. The van der Waals surface area contributed by atoms with E-state index < -0.39 is 0 Å². The minimum absolute atomic E-state index is 0.0868. The standard InChI is InChI=1S/C20H20BrN7O2/c1-11-6-12-7-13(9-23-17(12)22-8-11)26-18-14-15(21)16(27-19(14)25-10-24-18)20(29)28-2-4-30-5-3-28/h6-7,9-10H,2-5,8H2,1H3,(H,22,23)(H2,24,25,26,27). The van der Waals surface area contributed by atoms with Crippen LogP contribution in [0.2, 0.25) is 0 Å². The molecule has 2 aliphatic rings. The van der Waals surface area contributed by atoms with E-state index in [2.05, 4.69) is 59.5 Å². The molecule has 0 saturated carbocycles. The summed E-state index contributed by atoms with van der Waals surface area (Å²) < 4.78 is 5.98. The lowest BCUT2D eigenvalue weighted by Gasteiger charge is -2.26. The van der Waals surface area contributed by atoms with Gasteiger partial charge >= 0.3 is 0 Å². The average Bonchev–Trinajstić information content (AvgIpc) is 3.11. The zero-order chi connectivity index (χ0) is 20.7. The van der Waals surface area contributed by atoms with E-state index in [1.165, 1.54) is 11.9 Å². The maximum atomic E-state index is 13.0. The Bertz CT molecular complexity index is 1170. The molecule has 30 heavy (non-hydrogen) atoms. The number of halogens is 1. The fourth-order valence-electron chi connectivity index (χ4n) is 3.64. The number of aromatic amines is 1. The van der Waals surface area contributed by atoms with Crippen LogP contribution in [-0.4, -0.2) is 63.6 Å². The number of rotatable bonds is 3. The molecule has 1 amide bonds. The van der Waals surface area contributed by atoms with Gasteiger partial charge in [-0.15, -0.1) is 0 Å². The number of morpholine rings is 1. The number of hydrogen-bond acceptors (Lipinski definition) is 7. The number of pyridine rings is 1. The van der Waals surface area contributed by atoms with Crippen molar-refractivity contribution in [3.05, 3.63) is 39.9 Å². The van der Waals surface area contributed by atoms with Crippen molar-refractivity contribution in [3.8, 4) is 0 Å². The van der Waals surface area contributed by atoms with Crippen LogP contribution in [0.4, 0.5) is 17.3 Å². The van der Waals surface area contributed by atoms with Gasteiger partial charge in [0.2, 0.25) is 0 Å². The molecule has 5 heterocycles. The molecule has 154 valence electrons. The van der Waals surface area contributed by atoms with Gasteiger partial charge in [0.25, 0.3) is 5.91 Å². The molecule has 0 radical (unpaired) electrons. The molecule has 1 saturated heterocycles. The Labute approximate surface area is 181 Å². The zero-order valence-electron chi connectivity index (χ0n) is 16.3. The Hall–Kier alpha value is -2.98. The number of nitrogens with zero attached hydrogens (tertiary/aromatic N) is 4. The normalized spacial score (nSPS) is 16.1. The third kappa shape index (κ3) is 3.41. The molecule has 2 aliphatic heterocycles. The summed E-state index contributed by atoms with van der Waals surface area (Å²) in [5.41, 5.74) is 4.10. The lowest BCUT2D eigenvalue weighted by molar-refractivity contribution is 0.0299. The molecular formula is C20H20BrN7O2. The van der Waals surface area contributed by atoms with Gasteiger partial charge in [0.1, 0.15) is 29.3 Å². The van der Waals surface area contributed by atoms with Crippen LogP contribution in [0.5, 0.6) is 0 Å². The van der Waals surface area contributed by atoms with Gasteiger partial charge in [-0.25, -0.2) is 15.0 Å². The number of amides is 1. The fraction of sp³-hybridized carbons (Fsp3) is 0.300. The van der Waals surface area contributed by atoms with Gasteiger partial charge in [-0.2, -0.15) is 0 Å². The Kier molecular flexibility index (Phi) is 4.87. The number of hydrogen-bond donors (Lipinski definition) is 3. The quantitative estimate of drug-likeness (QED) is 0.540. The second-order valence-corrected chi connectivity index (χ2v) is 8.09. The van der Waals surface area contributed by atoms with Gasteiger partial charge in [0.05, 0.1) is 35.0 Å². The molecule has 3 aromatic heterocycles. The van der Waals surface area contributed by atoms with Crippen LogP contribution in [-0.2, 0) is 4.74 Å². The van der Waals surface area contributed by atoms with Crippen LogP contribution in [0.15, 0.2) is 28.6 Å². The smallest absolute Gasteiger partial charge is 0.271 e. The van der Waals surface area contributed by atoms with Crippen molar-refractivity contribution in [1.82, 2.24) is 24.8 Å². The molecule has 5 rings (SSSR count). The third-order valence-corrected chi connectivity index (χ3v) is 5.95. The molecule has 0 spiro atoms. The molecule has 0 atom stereocenters. The van der Waals surface area contributed by atoms with Crippen LogP contribution in [0.25, 0.3) is 17.1 Å². The van der Waals surface area contributed by atoms with Gasteiger partial charge in [0, 0.05) is 25.2 Å². The number of fused-ring (bicyclic) bond motifs is 2. The first kappa shape index (κ1) is 19.0. The summed E-state index contributed by atoms with van der Waals surface area (Å²) in [6.45, 7) is 5.11. The SMILES string of the molecule is CC1=Cc2cc(Nc3ncnc4[nH]c(C(=O)N5CCOCC5)c(Br)c34)cnc2NC1. The number of carbonyl (C=O) groups is 1. The summed E-state index contributed by atoms with van der Waals surface area (Å²) in [4.78, 5) is 31.1. The highest BCUT2D eigenvalue weighted by atomic mass is 79.9. The van der Waals surface area contributed by atoms with Crippen molar-refractivity contribution < 1.29 is 9.53 Å². The van der Waals surface area contributed by atoms with Gasteiger partial charge < -0.3 is 25.3 Å². The first-order chi connectivity index (χ1) is 14.6. The van der Waals surface area contributed by atoms with Crippen molar-refractivity contribution in [1.29, 1.82) is 0 Å². The third-order valence-electron chi connectivity index (χ3n) is 5.16. The summed E-state index contributed by atoms with van der Waals surface area (Å²) in [6, 6.07) is 2.02. The van der Waals surface area contributed by atoms with Crippen molar-refractivity contribution in [3.63, 3.8) is 0 Å². The summed E-state index contributed by atoms with van der Waals surface area (Å²) in [7, 11) is 0. The number of anilines is 3. The van der Waals surface area contributed by atoms with E-state index in [4.69, 9.17) is 4.74 Å². The molecule has 0 aliphatic carbocycles. The van der Waals surface area contributed by atoms with Crippen molar-refractivity contribution in [2.24, 2.45) is 0 Å². The molecule has 1 fully saturated rings. The van der Waals surface area contributed by atoms with Crippen LogP contribution in [0.1, 0.15) is 23.0 Å². The van der Waals surface area contributed by atoms with E-state index in [1.807, 2.05) is 6.07 Å². The monoisotopic (exact) mass is 469 g/mol. The van der Waals surface area contributed by atoms with Gasteiger partial charge in [-0.3, -0.25) is 4.79 Å². The maximum absolute atomic E-state index is 13.0. The first-order valence-electron chi connectivity index (χ1n) is 9.67. The molecule has 3 N–H and O–H groups in total. The second-order valence-electron chi connectivity index (χ2n) is 7.30. The van der Waals surface area contributed by atoms with Crippen LogP contribution in [0.3, 0.4) is 0 Å². The van der Waals surface area contributed by atoms with E-state index in [0.717, 1.165) is 29.0 Å². The highest BCUT2D eigenvalue weighted by Crippen LogP contribution is 2.34. The van der Waals surface area contributed by atoms with Crippen molar-refractivity contribution >= 4 is 56.3 Å². The molecule has 0 unspecified atom stereocenters. The lowest BCUT2D eigenvalue weighted by atomic mass is 10.1. The number of H-pyrrole nitrogens is 1. The number of nitrogens with one attached hydrogen (secondary N) is 3. The van der Waals surface area contributed by atoms with Crippen molar-refractivity contribution in [2.45, 2.75) is 6.92 Å². The maximum Gasteiger partial charge on any atom is 0.271 e. The Balaban J connectivity index is 1.49. The summed E-state index contributed by atoms with van der Waals surface area (Å²) in [5, 5.41) is 7.33.